The van der Waals surface area contributed by atoms with Crippen LogP contribution in [0.1, 0.15) is 29.8 Å². The lowest BCUT2D eigenvalue weighted by Gasteiger charge is -2.13. The van der Waals surface area contributed by atoms with Gasteiger partial charge in [-0.3, -0.25) is 14.4 Å². The van der Waals surface area contributed by atoms with Crippen molar-refractivity contribution in [1.82, 2.24) is 10.3 Å². The van der Waals surface area contributed by atoms with Crippen molar-refractivity contribution in [3.05, 3.63) is 130 Å². The van der Waals surface area contributed by atoms with Gasteiger partial charge in [0.05, 0.1) is 17.6 Å². The molecule has 4 aromatic carbocycles. The fourth-order valence-electron chi connectivity index (χ4n) is 4.34. The van der Waals surface area contributed by atoms with Gasteiger partial charge in [-0.1, -0.05) is 41.9 Å². The van der Waals surface area contributed by atoms with E-state index >= 15 is 0 Å². The van der Waals surface area contributed by atoms with Gasteiger partial charge in [0.25, 0.3) is 11.8 Å². The summed E-state index contributed by atoms with van der Waals surface area (Å²) in [6.07, 6.45) is 1.57. The summed E-state index contributed by atoms with van der Waals surface area (Å²) in [6.45, 7) is 4.36. The van der Waals surface area contributed by atoms with Crippen LogP contribution in [0.2, 0.25) is 5.02 Å². The summed E-state index contributed by atoms with van der Waals surface area (Å²) < 4.78 is 5.50. The fourth-order valence-corrected chi connectivity index (χ4v) is 6.13. The number of thiazole rings is 1. The third-order valence-electron chi connectivity index (χ3n) is 6.68. The Bertz CT molecular complexity index is 1880. The van der Waals surface area contributed by atoms with E-state index in [1.807, 2.05) is 61.7 Å². The SMILES string of the molecule is CCOc1ccc(-c2csc(NC(=O)C(C)Sc3ccc(NC(=O)/C(=C/c4cccc(Cl)c4)NC(=O)c4ccccc4)cc3)n2)cc1. The molecule has 1 heterocycles. The third-order valence-corrected chi connectivity index (χ3v) is 8.78. The van der Waals surface area contributed by atoms with Crippen molar-refractivity contribution < 1.29 is 19.1 Å². The predicted molar refractivity (Wildman–Crippen MR) is 191 cm³/mol. The molecule has 3 amide bonds. The lowest BCUT2D eigenvalue weighted by molar-refractivity contribution is -0.115. The van der Waals surface area contributed by atoms with Crippen LogP contribution in [0.4, 0.5) is 10.8 Å². The minimum Gasteiger partial charge on any atom is -0.494 e. The first kappa shape index (κ1) is 33.5. The molecule has 1 atom stereocenters. The first-order valence-corrected chi connectivity index (χ1v) is 16.8. The van der Waals surface area contributed by atoms with E-state index in [2.05, 4.69) is 20.9 Å². The molecule has 0 aliphatic heterocycles. The van der Waals surface area contributed by atoms with Gasteiger partial charge >= 0.3 is 0 Å². The number of hydrogen-bond donors (Lipinski definition) is 3. The number of aromatic nitrogens is 1. The molecule has 11 heteroatoms. The van der Waals surface area contributed by atoms with Crippen LogP contribution in [-0.4, -0.2) is 34.6 Å². The van der Waals surface area contributed by atoms with Crippen LogP contribution in [0, 0.1) is 0 Å². The Morgan fingerprint density at radius 2 is 1.68 bits per heavy atom. The van der Waals surface area contributed by atoms with E-state index in [4.69, 9.17) is 16.3 Å². The summed E-state index contributed by atoms with van der Waals surface area (Å²) in [5.41, 5.74) is 3.35. The highest BCUT2D eigenvalue weighted by molar-refractivity contribution is 8.00. The number of carbonyl (C=O) groups excluding carboxylic acids is 3. The van der Waals surface area contributed by atoms with Gasteiger partial charge in [-0.2, -0.15) is 0 Å². The highest BCUT2D eigenvalue weighted by Gasteiger charge is 2.18. The lowest BCUT2D eigenvalue weighted by atomic mass is 10.1. The second-order valence-electron chi connectivity index (χ2n) is 10.2. The van der Waals surface area contributed by atoms with Crippen LogP contribution in [0.25, 0.3) is 17.3 Å². The second-order valence-corrected chi connectivity index (χ2v) is 12.9. The second kappa shape index (κ2) is 16.1. The molecule has 238 valence electrons. The average Bonchev–Trinajstić information content (AvgIpc) is 3.54. The van der Waals surface area contributed by atoms with Crippen LogP contribution in [0.3, 0.4) is 0 Å². The highest BCUT2D eigenvalue weighted by Crippen LogP contribution is 2.29. The maximum Gasteiger partial charge on any atom is 0.272 e. The number of nitrogens with one attached hydrogen (secondary N) is 3. The van der Waals surface area contributed by atoms with Crippen molar-refractivity contribution in [2.45, 2.75) is 24.0 Å². The number of benzene rings is 4. The summed E-state index contributed by atoms with van der Waals surface area (Å²) in [5.74, 6) is -0.303. The molecule has 1 aromatic heterocycles. The molecule has 5 rings (SSSR count). The average molecular weight is 683 g/mol. The first-order valence-electron chi connectivity index (χ1n) is 14.7. The lowest BCUT2D eigenvalue weighted by Crippen LogP contribution is -2.30. The van der Waals surface area contributed by atoms with Crippen LogP contribution in [0.5, 0.6) is 5.75 Å². The summed E-state index contributed by atoms with van der Waals surface area (Å²) in [7, 11) is 0. The van der Waals surface area contributed by atoms with Gasteiger partial charge in [0, 0.05) is 32.1 Å². The molecule has 0 saturated heterocycles. The molecular formula is C36H31ClN4O4S2. The minimum atomic E-state index is -0.504. The smallest absolute Gasteiger partial charge is 0.272 e. The summed E-state index contributed by atoms with van der Waals surface area (Å²) >= 11 is 8.88. The van der Waals surface area contributed by atoms with Crippen LogP contribution in [0.15, 0.2) is 119 Å². The molecule has 1 unspecified atom stereocenters. The van der Waals surface area contributed by atoms with Crippen LogP contribution in [-0.2, 0) is 9.59 Å². The molecule has 0 radical (unpaired) electrons. The van der Waals surface area contributed by atoms with E-state index in [0.717, 1.165) is 21.9 Å². The molecule has 47 heavy (non-hydrogen) atoms. The molecule has 0 aliphatic rings. The summed E-state index contributed by atoms with van der Waals surface area (Å²) in [5, 5.41) is 11.0. The van der Waals surface area contributed by atoms with Crippen LogP contribution >= 0.6 is 34.7 Å². The molecule has 0 saturated carbocycles. The molecule has 3 N–H and O–H groups in total. The van der Waals surface area contributed by atoms with E-state index in [1.165, 1.54) is 23.1 Å². The van der Waals surface area contributed by atoms with Crippen molar-refractivity contribution in [2.24, 2.45) is 0 Å². The Kier molecular flexibility index (Phi) is 11.5. The van der Waals surface area contributed by atoms with Crippen LogP contribution < -0.4 is 20.7 Å². The van der Waals surface area contributed by atoms with Gasteiger partial charge in [-0.05, 0) is 98.3 Å². The molecule has 0 bridgehead atoms. The number of thioether (sulfide) groups is 1. The number of anilines is 2. The Balaban J connectivity index is 1.19. The van der Waals surface area contributed by atoms with Gasteiger partial charge in [-0.15, -0.1) is 23.1 Å². The number of rotatable bonds is 12. The first-order chi connectivity index (χ1) is 22.8. The van der Waals surface area contributed by atoms with Gasteiger partial charge < -0.3 is 20.7 Å². The standard InChI is InChI=1S/C36H31ClN4O4S2/c1-3-45-29-16-12-25(13-17-29)32-22-46-36(40-32)41-33(42)23(2)47-30-18-14-28(15-19-30)38-35(44)31(21-24-8-7-11-27(37)20-24)39-34(43)26-9-5-4-6-10-26/h4-23H,3H2,1-2H3,(H,38,44)(H,39,43)(H,40,41,42)/b31-21-. The Morgan fingerprint density at radius 1 is 0.936 bits per heavy atom. The quantitative estimate of drug-likeness (QED) is 0.0901. The Hall–Kier alpha value is -4.90. The zero-order valence-electron chi connectivity index (χ0n) is 25.5. The maximum absolute atomic E-state index is 13.3. The Morgan fingerprint density at radius 3 is 2.38 bits per heavy atom. The van der Waals surface area contributed by atoms with Crippen molar-refractivity contribution in [3.63, 3.8) is 0 Å². The molecule has 8 nitrogen and oxygen atoms in total. The number of nitrogens with zero attached hydrogens (tertiary/aromatic N) is 1. The molecule has 0 spiro atoms. The number of hydrogen-bond acceptors (Lipinski definition) is 7. The van der Waals surface area contributed by atoms with Gasteiger partial charge in [0.1, 0.15) is 11.4 Å². The van der Waals surface area contributed by atoms with E-state index in [-0.39, 0.29) is 11.6 Å². The van der Waals surface area contributed by atoms with Gasteiger partial charge in [0.15, 0.2) is 5.13 Å². The highest BCUT2D eigenvalue weighted by atomic mass is 35.5. The maximum atomic E-state index is 13.3. The van der Waals surface area contributed by atoms with Gasteiger partial charge in [0.2, 0.25) is 5.91 Å². The van der Waals surface area contributed by atoms with Crippen molar-refractivity contribution in [1.29, 1.82) is 0 Å². The molecule has 5 aromatic rings. The summed E-state index contributed by atoms with van der Waals surface area (Å²) in [6, 6.07) is 30.4. The predicted octanol–water partition coefficient (Wildman–Crippen LogP) is 8.39. The fraction of sp³-hybridized carbons (Fsp3) is 0.111. The van der Waals surface area contributed by atoms with Crippen molar-refractivity contribution in [2.75, 3.05) is 17.2 Å². The van der Waals surface area contributed by atoms with Crippen molar-refractivity contribution >= 4 is 69.3 Å². The number of halogens is 1. The minimum absolute atomic E-state index is 0.0535. The molecular weight excluding hydrogens is 652 g/mol. The third kappa shape index (κ3) is 9.55. The van der Waals surface area contributed by atoms with E-state index in [1.54, 1.807) is 66.7 Å². The normalized spacial score (nSPS) is 11.8. The topological polar surface area (TPSA) is 109 Å². The number of ether oxygens (including phenoxy) is 1. The zero-order valence-corrected chi connectivity index (χ0v) is 27.9. The van der Waals surface area contributed by atoms with E-state index in [9.17, 15) is 14.4 Å². The van der Waals surface area contributed by atoms with Gasteiger partial charge in [-0.25, -0.2) is 4.98 Å². The monoisotopic (exact) mass is 682 g/mol. The van der Waals surface area contributed by atoms with E-state index < -0.39 is 17.1 Å². The number of amides is 3. The largest absolute Gasteiger partial charge is 0.494 e. The molecule has 0 fully saturated rings. The Labute approximate surface area is 286 Å². The molecule has 0 aliphatic carbocycles. The summed E-state index contributed by atoms with van der Waals surface area (Å²) in [4.78, 5) is 44.6. The zero-order chi connectivity index (χ0) is 33.2. The van der Waals surface area contributed by atoms with Crippen molar-refractivity contribution in [3.8, 4) is 17.0 Å². The van der Waals surface area contributed by atoms with E-state index in [0.29, 0.717) is 33.6 Å². The number of carbonyl (C=O) groups is 3.